The first-order valence-electron chi connectivity index (χ1n) is 5.79. The lowest BCUT2D eigenvalue weighted by Crippen LogP contribution is -2.19. The van der Waals surface area contributed by atoms with E-state index >= 15 is 0 Å². The number of benzene rings is 1. The van der Waals surface area contributed by atoms with Gasteiger partial charge < -0.3 is 10.1 Å². The van der Waals surface area contributed by atoms with Gasteiger partial charge in [-0.1, -0.05) is 0 Å². The Morgan fingerprint density at radius 2 is 2.29 bits per heavy atom. The van der Waals surface area contributed by atoms with Crippen LogP contribution in [0.4, 0.5) is 11.4 Å². The SMILES string of the molecule is COc1cc(NC(=O)Cn2cc(Br)cn2)cc([N+](=O)[O-])c1. The second-order valence-electron chi connectivity index (χ2n) is 4.08. The van der Waals surface area contributed by atoms with Gasteiger partial charge in [-0.2, -0.15) is 5.10 Å². The third-order valence-electron chi connectivity index (χ3n) is 2.53. The maximum absolute atomic E-state index is 11.9. The summed E-state index contributed by atoms with van der Waals surface area (Å²) < 4.78 is 7.16. The van der Waals surface area contributed by atoms with Crippen molar-refractivity contribution in [2.45, 2.75) is 6.54 Å². The first-order chi connectivity index (χ1) is 9.97. The molecule has 0 fully saturated rings. The molecule has 0 aliphatic heterocycles. The average Bonchev–Trinajstić information content (AvgIpc) is 2.83. The number of non-ortho nitro benzene ring substituents is 1. The maximum Gasteiger partial charge on any atom is 0.275 e. The highest BCUT2D eigenvalue weighted by atomic mass is 79.9. The largest absolute Gasteiger partial charge is 0.496 e. The minimum absolute atomic E-state index is 0.00337. The van der Waals surface area contributed by atoms with Crippen LogP contribution in [0.3, 0.4) is 0 Å². The molecule has 0 saturated carbocycles. The standard InChI is InChI=1S/C12H11BrN4O4/c1-21-11-3-9(2-10(4-11)17(19)20)15-12(18)7-16-6-8(13)5-14-16/h2-6H,7H2,1H3,(H,15,18). The van der Waals surface area contributed by atoms with Gasteiger partial charge in [0.25, 0.3) is 5.69 Å². The highest BCUT2D eigenvalue weighted by Crippen LogP contribution is 2.25. The van der Waals surface area contributed by atoms with E-state index in [1.54, 1.807) is 12.4 Å². The predicted octanol–water partition coefficient (Wildman–Crippen LogP) is 2.20. The molecule has 0 aliphatic carbocycles. The number of hydrogen-bond acceptors (Lipinski definition) is 5. The molecule has 0 aliphatic rings. The summed E-state index contributed by atoms with van der Waals surface area (Å²) in [5, 5.41) is 17.3. The molecule has 1 N–H and O–H groups in total. The maximum atomic E-state index is 11.9. The molecule has 0 atom stereocenters. The van der Waals surface area contributed by atoms with Crippen LogP contribution in [0.15, 0.2) is 35.1 Å². The Morgan fingerprint density at radius 1 is 1.52 bits per heavy atom. The molecular formula is C12H11BrN4O4. The summed E-state index contributed by atoms with van der Waals surface area (Å²) in [6, 6.07) is 4.05. The van der Waals surface area contributed by atoms with Crippen LogP contribution in [0.1, 0.15) is 0 Å². The number of carbonyl (C=O) groups is 1. The number of nitrogens with zero attached hydrogens (tertiary/aromatic N) is 3. The molecule has 8 nitrogen and oxygen atoms in total. The minimum Gasteiger partial charge on any atom is -0.496 e. The van der Waals surface area contributed by atoms with Crippen LogP contribution in [0, 0.1) is 10.1 Å². The molecule has 2 rings (SSSR count). The summed E-state index contributed by atoms with van der Waals surface area (Å²) >= 11 is 3.23. The molecule has 110 valence electrons. The Hall–Kier alpha value is -2.42. The fourth-order valence-electron chi connectivity index (χ4n) is 1.65. The first-order valence-corrected chi connectivity index (χ1v) is 6.58. The smallest absolute Gasteiger partial charge is 0.275 e. The van der Waals surface area contributed by atoms with Gasteiger partial charge in [-0.3, -0.25) is 19.6 Å². The molecule has 0 saturated heterocycles. The van der Waals surface area contributed by atoms with Gasteiger partial charge in [-0.25, -0.2) is 0 Å². The van der Waals surface area contributed by atoms with Crippen molar-refractivity contribution < 1.29 is 14.5 Å². The number of rotatable bonds is 5. The lowest BCUT2D eigenvalue weighted by molar-refractivity contribution is -0.384. The molecule has 1 amide bonds. The Balaban J connectivity index is 2.12. The zero-order valence-corrected chi connectivity index (χ0v) is 12.5. The van der Waals surface area contributed by atoms with Crippen molar-refractivity contribution in [1.82, 2.24) is 9.78 Å². The molecule has 2 aromatic rings. The number of nitro groups is 1. The molecule has 9 heteroatoms. The second kappa shape index (κ2) is 6.35. The topological polar surface area (TPSA) is 99.3 Å². The van der Waals surface area contributed by atoms with E-state index in [-0.39, 0.29) is 23.8 Å². The van der Waals surface area contributed by atoms with E-state index in [9.17, 15) is 14.9 Å². The molecule has 1 aromatic heterocycles. The lowest BCUT2D eigenvalue weighted by Gasteiger charge is -2.07. The fourth-order valence-corrected chi connectivity index (χ4v) is 1.98. The van der Waals surface area contributed by atoms with Crippen molar-refractivity contribution in [3.8, 4) is 5.75 Å². The van der Waals surface area contributed by atoms with E-state index in [0.717, 1.165) is 4.47 Å². The number of hydrogen-bond donors (Lipinski definition) is 1. The quantitative estimate of drug-likeness (QED) is 0.655. The van der Waals surface area contributed by atoms with Gasteiger partial charge in [-0.05, 0) is 15.9 Å². The Kier molecular flexibility index (Phi) is 4.53. The molecule has 1 aromatic carbocycles. The van der Waals surface area contributed by atoms with E-state index in [0.29, 0.717) is 5.75 Å². The summed E-state index contributed by atoms with van der Waals surface area (Å²) in [6.45, 7) is -0.00337. The number of halogens is 1. The lowest BCUT2D eigenvalue weighted by atomic mass is 10.2. The van der Waals surface area contributed by atoms with Crippen LogP contribution in [0.5, 0.6) is 5.75 Å². The Labute approximate surface area is 128 Å². The van der Waals surface area contributed by atoms with Crippen LogP contribution < -0.4 is 10.1 Å². The van der Waals surface area contributed by atoms with E-state index in [1.807, 2.05) is 0 Å². The number of anilines is 1. The van der Waals surface area contributed by atoms with Gasteiger partial charge >= 0.3 is 0 Å². The number of aromatic nitrogens is 2. The van der Waals surface area contributed by atoms with E-state index < -0.39 is 4.92 Å². The third-order valence-corrected chi connectivity index (χ3v) is 2.94. The summed E-state index contributed by atoms with van der Waals surface area (Å²) in [5.74, 6) is -0.0607. The summed E-state index contributed by atoms with van der Waals surface area (Å²) in [4.78, 5) is 22.1. The van der Waals surface area contributed by atoms with E-state index in [2.05, 4.69) is 26.3 Å². The number of methoxy groups -OCH3 is 1. The zero-order chi connectivity index (χ0) is 15.4. The van der Waals surface area contributed by atoms with E-state index in [1.165, 1.54) is 30.0 Å². The van der Waals surface area contributed by atoms with Crippen LogP contribution in [-0.4, -0.2) is 27.7 Å². The molecule has 0 unspecified atom stereocenters. The number of carbonyl (C=O) groups excluding carboxylic acids is 1. The molecule has 1 heterocycles. The molecule has 0 radical (unpaired) electrons. The first kappa shape index (κ1) is 15.0. The molecule has 21 heavy (non-hydrogen) atoms. The Bertz CT molecular complexity index is 686. The monoisotopic (exact) mass is 354 g/mol. The number of nitrogens with one attached hydrogen (secondary N) is 1. The molecule has 0 bridgehead atoms. The van der Waals surface area contributed by atoms with Crippen molar-refractivity contribution in [2.24, 2.45) is 0 Å². The fraction of sp³-hybridized carbons (Fsp3) is 0.167. The van der Waals surface area contributed by atoms with Gasteiger partial charge in [0, 0.05) is 18.3 Å². The van der Waals surface area contributed by atoms with Crippen LogP contribution in [0.2, 0.25) is 0 Å². The number of ether oxygens (including phenoxy) is 1. The van der Waals surface area contributed by atoms with Crippen LogP contribution >= 0.6 is 15.9 Å². The minimum atomic E-state index is -0.553. The van der Waals surface area contributed by atoms with Crippen molar-refractivity contribution in [1.29, 1.82) is 0 Å². The van der Waals surface area contributed by atoms with Crippen molar-refractivity contribution in [3.05, 3.63) is 45.2 Å². The predicted molar refractivity (Wildman–Crippen MR) is 78.2 cm³/mol. The van der Waals surface area contributed by atoms with Crippen LogP contribution in [-0.2, 0) is 11.3 Å². The van der Waals surface area contributed by atoms with Crippen molar-refractivity contribution in [2.75, 3.05) is 12.4 Å². The summed E-state index contributed by atoms with van der Waals surface area (Å²) in [7, 11) is 1.39. The summed E-state index contributed by atoms with van der Waals surface area (Å²) in [5.41, 5.74) is 0.128. The number of nitro benzene ring substituents is 1. The third kappa shape index (κ3) is 4.02. The second-order valence-corrected chi connectivity index (χ2v) is 5.00. The highest BCUT2D eigenvalue weighted by molar-refractivity contribution is 9.10. The number of amides is 1. The van der Waals surface area contributed by atoms with Gasteiger partial charge in [-0.15, -0.1) is 0 Å². The van der Waals surface area contributed by atoms with Gasteiger partial charge in [0.1, 0.15) is 12.3 Å². The normalized spacial score (nSPS) is 10.2. The average molecular weight is 355 g/mol. The van der Waals surface area contributed by atoms with E-state index in [4.69, 9.17) is 4.74 Å². The molecular weight excluding hydrogens is 344 g/mol. The van der Waals surface area contributed by atoms with Gasteiger partial charge in [0.05, 0.1) is 34.5 Å². The highest BCUT2D eigenvalue weighted by Gasteiger charge is 2.12. The summed E-state index contributed by atoms with van der Waals surface area (Å²) in [6.07, 6.45) is 3.21. The molecule has 0 spiro atoms. The zero-order valence-electron chi connectivity index (χ0n) is 10.9. The Morgan fingerprint density at radius 3 is 2.86 bits per heavy atom. The van der Waals surface area contributed by atoms with Crippen molar-refractivity contribution in [3.63, 3.8) is 0 Å². The van der Waals surface area contributed by atoms with Crippen LogP contribution in [0.25, 0.3) is 0 Å². The van der Waals surface area contributed by atoms with Gasteiger partial charge in [0.15, 0.2) is 0 Å². The van der Waals surface area contributed by atoms with Gasteiger partial charge in [0.2, 0.25) is 5.91 Å². The van der Waals surface area contributed by atoms with Crippen molar-refractivity contribution >= 4 is 33.2 Å².